The number of benzene rings is 1. The van der Waals surface area contributed by atoms with E-state index in [1.807, 2.05) is 12.1 Å². The van der Waals surface area contributed by atoms with Crippen molar-refractivity contribution >= 4 is 22.5 Å². The van der Waals surface area contributed by atoms with Crippen LogP contribution >= 0.6 is 11.6 Å². The minimum atomic E-state index is 0.477. The lowest BCUT2D eigenvalue weighted by Crippen LogP contribution is -2.07. The van der Waals surface area contributed by atoms with Crippen LogP contribution in [0.1, 0.15) is 31.0 Å². The molecule has 2 nitrogen and oxygen atoms in total. The molecule has 2 rings (SSSR count). The summed E-state index contributed by atoms with van der Waals surface area (Å²) in [5.41, 5.74) is 9.55. The lowest BCUT2D eigenvalue weighted by molar-refractivity contribution is 0.737. The second-order valence-electron chi connectivity index (χ2n) is 4.75. The van der Waals surface area contributed by atoms with Gasteiger partial charge in [-0.3, -0.25) is 0 Å². The predicted molar refractivity (Wildman–Crippen MR) is 74.8 cm³/mol. The average Bonchev–Trinajstić information content (AvgIpc) is 2.54. The lowest BCUT2D eigenvalue weighted by Gasteiger charge is -2.11. The standard InChI is InChI=1S/C14H19ClN2/c1-9(2)13-11(7-8-16)10-5-4-6-12(15)14(10)17(13)3/h4-6,9H,7-8,16H2,1-3H3. The van der Waals surface area contributed by atoms with Gasteiger partial charge in [-0.15, -0.1) is 0 Å². The normalized spacial score (nSPS) is 11.6. The summed E-state index contributed by atoms with van der Waals surface area (Å²) in [6, 6.07) is 6.09. The van der Waals surface area contributed by atoms with Crippen molar-refractivity contribution in [2.75, 3.05) is 6.54 Å². The highest BCUT2D eigenvalue weighted by molar-refractivity contribution is 6.35. The minimum absolute atomic E-state index is 0.477. The molecule has 2 N–H and O–H groups in total. The molecule has 0 saturated heterocycles. The maximum absolute atomic E-state index is 6.30. The molecule has 2 aromatic rings. The molecule has 1 aromatic heterocycles. The summed E-state index contributed by atoms with van der Waals surface area (Å²) >= 11 is 6.30. The van der Waals surface area contributed by atoms with E-state index in [4.69, 9.17) is 17.3 Å². The molecular formula is C14H19ClN2. The van der Waals surface area contributed by atoms with E-state index < -0.39 is 0 Å². The van der Waals surface area contributed by atoms with E-state index in [1.165, 1.54) is 16.6 Å². The molecule has 17 heavy (non-hydrogen) atoms. The Hall–Kier alpha value is -0.990. The first-order chi connectivity index (χ1) is 8.07. The first kappa shape index (κ1) is 12.5. The van der Waals surface area contributed by atoms with Gasteiger partial charge < -0.3 is 10.3 Å². The Kier molecular flexibility index (Phi) is 3.45. The number of aromatic nitrogens is 1. The van der Waals surface area contributed by atoms with Gasteiger partial charge in [0.1, 0.15) is 0 Å². The number of para-hydroxylation sites is 1. The van der Waals surface area contributed by atoms with Crippen LogP contribution in [-0.4, -0.2) is 11.1 Å². The molecule has 0 atom stereocenters. The van der Waals surface area contributed by atoms with Crippen molar-refractivity contribution < 1.29 is 0 Å². The quantitative estimate of drug-likeness (QED) is 0.889. The first-order valence-corrected chi connectivity index (χ1v) is 6.41. The van der Waals surface area contributed by atoms with E-state index >= 15 is 0 Å². The second-order valence-corrected chi connectivity index (χ2v) is 5.16. The summed E-state index contributed by atoms with van der Waals surface area (Å²) in [4.78, 5) is 0. The number of nitrogens with two attached hydrogens (primary N) is 1. The van der Waals surface area contributed by atoms with Gasteiger partial charge in [0.25, 0.3) is 0 Å². The van der Waals surface area contributed by atoms with E-state index in [0.717, 1.165) is 17.0 Å². The fourth-order valence-electron chi connectivity index (χ4n) is 2.70. The molecule has 0 amide bonds. The number of nitrogens with zero attached hydrogens (tertiary/aromatic N) is 1. The molecule has 0 unspecified atom stereocenters. The molecule has 1 aromatic carbocycles. The van der Waals surface area contributed by atoms with Gasteiger partial charge in [-0.1, -0.05) is 37.6 Å². The fourth-order valence-corrected chi connectivity index (χ4v) is 3.00. The summed E-state index contributed by atoms with van der Waals surface area (Å²) in [5, 5.41) is 2.06. The van der Waals surface area contributed by atoms with Gasteiger partial charge in [-0.2, -0.15) is 0 Å². The van der Waals surface area contributed by atoms with Crippen LogP contribution in [0.3, 0.4) is 0 Å². The van der Waals surface area contributed by atoms with Crippen molar-refractivity contribution in [3.63, 3.8) is 0 Å². The van der Waals surface area contributed by atoms with Crippen LogP contribution < -0.4 is 5.73 Å². The molecule has 0 fully saturated rings. The summed E-state index contributed by atoms with van der Waals surface area (Å²) < 4.78 is 2.22. The Morgan fingerprint density at radius 1 is 1.35 bits per heavy atom. The van der Waals surface area contributed by atoms with Crippen LogP contribution in [0.2, 0.25) is 5.02 Å². The van der Waals surface area contributed by atoms with Crippen LogP contribution in [0.5, 0.6) is 0 Å². The second kappa shape index (κ2) is 4.71. The maximum Gasteiger partial charge on any atom is 0.0672 e. The third kappa shape index (κ3) is 1.96. The van der Waals surface area contributed by atoms with Crippen molar-refractivity contribution in [1.29, 1.82) is 0 Å². The molecule has 0 aliphatic rings. The van der Waals surface area contributed by atoms with Crippen molar-refractivity contribution in [2.45, 2.75) is 26.2 Å². The van der Waals surface area contributed by atoms with Crippen LogP contribution in [0.25, 0.3) is 10.9 Å². The van der Waals surface area contributed by atoms with Gasteiger partial charge in [0, 0.05) is 18.1 Å². The third-order valence-corrected chi connectivity index (χ3v) is 3.56. The van der Waals surface area contributed by atoms with Crippen molar-refractivity contribution in [1.82, 2.24) is 4.57 Å². The predicted octanol–water partition coefficient (Wildman–Crippen LogP) is 3.46. The van der Waals surface area contributed by atoms with Crippen LogP contribution in [-0.2, 0) is 13.5 Å². The number of aryl methyl sites for hydroxylation is 1. The smallest absolute Gasteiger partial charge is 0.0672 e. The number of fused-ring (bicyclic) bond motifs is 1. The topological polar surface area (TPSA) is 30.9 Å². The number of rotatable bonds is 3. The SMILES string of the molecule is CC(C)c1c(CCN)c2cccc(Cl)c2n1C. The summed E-state index contributed by atoms with van der Waals surface area (Å²) in [6.07, 6.45) is 0.908. The number of hydrogen-bond acceptors (Lipinski definition) is 1. The van der Waals surface area contributed by atoms with Gasteiger partial charge in [-0.05, 0) is 30.5 Å². The zero-order chi connectivity index (χ0) is 12.6. The monoisotopic (exact) mass is 250 g/mol. The van der Waals surface area contributed by atoms with Crippen molar-refractivity contribution in [2.24, 2.45) is 12.8 Å². The third-order valence-electron chi connectivity index (χ3n) is 3.26. The van der Waals surface area contributed by atoms with E-state index in [9.17, 15) is 0 Å². The van der Waals surface area contributed by atoms with Gasteiger partial charge >= 0.3 is 0 Å². The minimum Gasteiger partial charge on any atom is -0.346 e. The molecular weight excluding hydrogens is 232 g/mol. The Balaban J connectivity index is 2.83. The summed E-state index contributed by atoms with van der Waals surface area (Å²) in [5.74, 6) is 0.477. The molecule has 0 aliphatic heterocycles. The van der Waals surface area contributed by atoms with Gasteiger partial charge in [0.15, 0.2) is 0 Å². The molecule has 92 valence electrons. The van der Waals surface area contributed by atoms with Gasteiger partial charge in [0.05, 0.1) is 10.5 Å². The highest BCUT2D eigenvalue weighted by Crippen LogP contribution is 2.34. The van der Waals surface area contributed by atoms with Gasteiger partial charge in [-0.25, -0.2) is 0 Å². The molecule has 0 spiro atoms. The van der Waals surface area contributed by atoms with E-state index in [0.29, 0.717) is 12.5 Å². The van der Waals surface area contributed by atoms with E-state index in [1.54, 1.807) is 0 Å². The summed E-state index contributed by atoms with van der Waals surface area (Å²) in [6.45, 7) is 5.09. The number of halogens is 1. The Morgan fingerprint density at radius 3 is 2.65 bits per heavy atom. The molecule has 0 saturated carbocycles. The van der Waals surface area contributed by atoms with E-state index in [-0.39, 0.29) is 0 Å². The lowest BCUT2D eigenvalue weighted by atomic mass is 10.0. The van der Waals surface area contributed by atoms with E-state index in [2.05, 4.69) is 31.5 Å². The van der Waals surface area contributed by atoms with Crippen LogP contribution in [0.15, 0.2) is 18.2 Å². The average molecular weight is 251 g/mol. The van der Waals surface area contributed by atoms with Crippen molar-refractivity contribution in [3.05, 3.63) is 34.5 Å². The zero-order valence-electron chi connectivity index (χ0n) is 10.6. The molecule has 0 aliphatic carbocycles. The Bertz CT molecular complexity index is 541. The Morgan fingerprint density at radius 2 is 2.06 bits per heavy atom. The molecule has 0 radical (unpaired) electrons. The summed E-state index contributed by atoms with van der Waals surface area (Å²) in [7, 11) is 2.09. The highest BCUT2D eigenvalue weighted by atomic mass is 35.5. The zero-order valence-corrected chi connectivity index (χ0v) is 11.4. The Labute approximate surface area is 107 Å². The van der Waals surface area contributed by atoms with Crippen LogP contribution in [0, 0.1) is 0 Å². The maximum atomic E-state index is 6.30. The van der Waals surface area contributed by atoms with Crippen molar-refractivity contribution in [3.8, 4) is 0 Å². The van der Waals surface area contributed by atoms with Gasteiger partial charge in [0.2, 0.25) is 0 Å². The largest absolute Gasteiger partial charge is 0.346 e. The molecule has 3 heteroatoms. The first-order valence-electron chi connectivity index (χ1n) is 6.03. The fraction of sp³-hybridized carbons (Fsp3) is 0.429. The molecule has 1 heterocycles. The molecule has 0 bridgehead atoms. The van der Waals surface area contributed by atoms with Crippen LogP contribution in [0.4, 0.5) is 0 Å². The highest BCUT2D eigenvalue weighted by Gasteiger charge is 2.18. The number of hydrogen-bond donors (Lipinski definition) is 1.